The van der Waals surface area contributed by atoms with E-state index in [1.54, 1.807) is 18.5 Å². The standard InChI is InChI=1S/C23H23AsFN5O6/c25-14-2-4-15(5-3-14)30-22(35)24-18(21(33)34)13-29-20(32)17-7-6-16(12-19(17)31)36-11-10-28-23-26-8-1-9-27-23/h1-9,12,18,24,31H,10-11,13H2,(H,29,32)(H,30,35)(H,33,34)(H,26,27,28)/t18-/m0/s1. The first-order valence-electron chi connectivity index (χ1n) is 10.6. The number of carboxylic acids is 1. The number of nitrogens with one attached hydrogen (secondary N) is 3. The van der Waals surface area contributed by atoms with E-state index in [1.165, 1.54) is 42.5 Å². The van der Waals surface area contributed by atoms with Crippen LogP contribution in [0.25, 0.3) is 0 Å². The fourth-order valence-electron chi connectivity index (χ4n) is 2.86. The number of hydrogen-bond donors (Lipinski definition) is 5. The van der Waals surface area contributed by atoms with Crippen molar-refractivity contribution in [2.24, 2.45) is 0 Å². The van der Waals surface area contributed by atoms with E-state index in [4.69, 9.17) is 4.74 Å². The zero-order valence-corrected chi connectivity index (χ0v) is 20.9. The monoisotopic (exact) mass is 559 g/mol. The number of anilines is 2. The van der Waals surface area contributed by atoms with Crippen molar-refractivity contribution in [1.82, 2.24) is 15.3 Å². The quantitative estimate of drug-likeness (QED) is 0.165. The van der Waals surface area contributed by atoms with E-state index in [1.807, 2.05) is 0 Å². The zero-order valence-electron chi connectivity index (χ0n) is 18.8. The van der Waals surface area contributed by atoms with Crippen LogP contribution >= 0.6 is 0 Å². The molecule has 0 saturated carbocycles. The van der Waals surface area contributed by atoms with E-state index in [0.717, 1.165) is 0 Å². The number of ether oxygens (including phenoxy) is 1. The molecule has 0 fully saturated rings. The number of phenolic OH excluding ortho intramolecular Hbond substituents is 1. The van der Waals surface area contributed by atoms with Crippen LogP contribution in [0.4, 0.5) is 20.8 Å². The molecule has 1 aromatic heterocycles. The van der Waals surface area contributed by atoms with Crippen LogP contribution in [0, 0.1) is 5.82 Å². The van der Waals surface area contributed by atoms with Gasteiger partial charge in [0.1, 0.15) is 0 Å². The second-order valence-corrected chi connectivity index (χ2v) is 10.3. The molecule has 0 aliphatic rings. The van der Waals surface area contributed by atoms with Crippen molar-refractivity contribution in [2.45, 2.75) is 4.71 Å². The number of carbonyl (C=O) groups is 3. The van der Waals surface area contributed by atoms with E-state index in [2.05, 4.69) is 25.9 Å². The van der Waals surface area contributed by atoms with Gasteiger partial charge in [-0.05, 0) is 6.07 Å². The molecule has 3 aromatic rings. The minimum absolute atomic E-state index is 0.0712. The second kappa shape index (κ2) is 13.1. The van der Waals surface area contributed by atoms with Crippen molar-refractivity contribution in [1.29, 1.82) is 0 Å². The molecule has 0 aliphatic carbocycles. The number of amides is 2. The molecule has 36 heavy (non-hydrogen) atoms. The van der Waals surface area contributed by atoms with Gasteiger partial charge in [0.2, 0.25) is 5.95 Å². The van der Waals surface area contributed by atoms with Gasteiger partial charge in [-0.2, -0.15) is 0 Å². The average molecular weight is 559 g/mol. The molecule has 3 rings (SSSR count). The molecule has 0 aliphatic heterocycles. The van der Waals surface area contributed by atoms with E-state index in [0.29, 0.717) is 23.9 Å². The Labute approximate surface area is 211 Å². The van der Waals surface area contributed by atoms with E-state index < -0.39 is 42.8 Å². The summed E-state index contributed by atoms with van der Waals surface area (Å²) >= 11 is -1.73. The van der Waals surface area contributed by atoms with Crippen LogP contribution in [0.1, 0.15) is 10.4 Å². The predicted octanol–water partition coefficient (Wildman–Crippen LogP) is 2.08. The van der Waals surface area contributed by atoms with Crippen LogP contribution in [0.5, 0.6) is 11.5 Å². The molecular formula is C23H23AsFN5O6. The third-order valence-corrected chi connectivity index (χ3v) is 7.10. The number of carbonyl (C=O) groups excluding carboxylic acids is 2. The van der Waals surface area contributed by atoms with Crippen molar-refractivity contribution >= 4 is 44.0 Å². The third-order valence-electron chi connectivity index (χ3n) is 4.61. The number of aromatic hydroxyl groups is 1. The van der Waals surface area contributed by atoms with Crippen LogP contribution < -0.4 is 20.7 Å². The first-order valence-corrected chi connectivity index (χ1v) is 12.9. The zero-order chi connectivity index (χ0) is 25.9. The Morgan fingerprint density at radius 2 is 1.81 bits per heavy atom. The van der Waals surface area contributed by atoms with Gasteiger partial charge in [-0.3, -0.25) is 0 Å². The number of benzene rings is 2. The van der Waals surface area contributed by atoms with Crippen LogP contribution in [-0.2, 0) is 4.79 Å². The molecule has 13 heteroatoms. The summed E-state index contributed by atoms with van der Waals surface area (Å²) in [5.74, 6) is -1.96. The molecule has 5 N–H and O–H groups in total. The molecule has 0 spiro atoms. The van der Waals surface area contributed by atoms with Crippen molar-refractivity contribution in [3.8, 4) is 11.5 Å². The number of rotatable bonds is 12. The average Bonchev–Trinajstić information content (AvgIpc) is 2.86. The Morgan fingerprint density at radius 1 is 1.08 bits per heavy atom. The van der Waals surface area contributed by atoms with E-state index in [-0.39, 0.29) is 24.5 Å². The summed E-state index contributed by atoms with van der Waals surface area (Å²) in [5, 5.41) is 27.6. The van der Waals surface area contributed by atoms with Crippen molar-refractivity contribution in [3.63, 3.8) is 0 Å². The molecular weight excluding hydrogens is 536 g/mol. The van der Waals surface area contributed by atoms with E-state index >= 15 is 0 Å². The van der Waals surface area contributed by atoms with Gasteiger partial charge in [0, 0.05) is 12.4 Å². The Morgan fingerprint density at radius 3 is 2.47 bits per heavy atom. The van der Waals surface area contributed by atoms with Crippen LogP contribution in [0.15, 0.2) is 60.9 Å². The molecule has 2 atom stereocenters. The number of aliphatic carboxylic acids is 1. The van der Waals surface area contributed by atoms with Crippen LogP contribution in [0.3, 0.4) is 0 Å². The maximum atomic E-state index is 13.0. The number of aromatic nitrogens is 2. The van der Waals surface area contributed by atoms with Crippen molar-refractivity contribution in [3.05, 3.63) is 72.3 Å². The molecule has 0 saturated heterocycles. The Kier molecular flexibility index (Phi) is 9.58. The minimum atomic E-state index is -1.73. The molecule has 0 radical (unpaired) electrons. The fourth-order valence-corrected chi connectivity index (χ4v) is 4.67. The number of hydrogen-bond acceptors (Lipinski definition) is 8. The molecule has 1 heterocycles. The maximum absolute atomic E-state index is 13.0. The van der Waals surface area contributed by atoms with Gasteiger partial charge >= 0.3 is 177 Å². The second-order valence-electron chi connectivity index (χ2n) is 7.23. The fraction of sp³-hybridized carbons (Fsp3) is 0.174. The topological polar surface area (TPSA) is 163 Å². The molecule has 0 bridgehead atoms. The third kappa shape index (κ3) is 8.24. The van der Waals surface area contributed by atoms with Crippen molar-refractivity contribution < 1.29 is 33.7 Å². The summed E-state index contributed by atoms with van der Waals surface area (Å²) in [7, 11) is 0. The number of carboxylic acid groups (broad SMARTS) is 1. The Balaban J connectivity index is 1.47. The van der Waals surface area contributed by atoms with Gasteiger partial charge in [0.05, 0.1) is 0 Å². The number of halogens is 1. The summed E-state index contributed by atoms with van der Waals surface area (Å²) in [6.45, 7) is 0.353. The summed E-state index contributed by atoms with van der Waals surface area (Å²) in [6.07, 6.45) is 3.20. The van der Waals surface area contributed by atoms with Crippen LogP contribution in [-0.4, -0.2) is 72.2 Å². The predicted molar refractivity (Wildman–Crippen MR) is 130 cm³/mol. The summed E-state index contributed by atoms with van der Waals surface area (Å²) in [6, 6.07) is 10.9. The first kappa shape index (κ1) is 26.4. The summed E-state index contributed by atoms with van der Waals surface area (Å²) < 4.78 is 16.9. The Bertz CT molecular complexity index is 1200. The first-order chi connectivity index (χ1) is 17.3. The van der Waals surface area contributed by atoms with Crippen molar-refractivity contribution in [2.75, 3.05) is 30.3 Å². The molecule has 2 aromatic carbocycles. The van der Waals surface area contributed by atoms with Gasteiger partial charge in [-0.25, -0.2) is 9.97 Å². The van der Waals surface area contributed by atoms with Crippen LogP contribution in [0.2, 0.25) is 4.71 Å². The number of phenols is 1. The summed E-state index contributed by atoms with van der Waals surface area (Å²) in [4.78, 5) is 44.3. The van der Waals surface area contributed by atoms with Gasteiger partial charge in [-0.1, -0.05) is 0 Å². The Hall–Kier alpha value is -4.18. The number of nitrogens with zero attached hydrogens (tertiary/aromatic N) is 2. The molecule has 1 unspecified atom stereocenters. The van der Waals surface area contributed by atoms with Gasteiger partial charge < -0.3 is 0 Å². The van der Waals surface area contributed by atoms with Gasteiger partial charge in [0.15, 0.2) is 0 Å². The molecule has 2 amide bonds. The van der Waals surface area contributed by atoms with Gasteiger partial charge in [0.25, 0.3) is 0 Å². The summed E-state index contributed by atoms with van der Waals surface area (Å²) in [5.41, 5.74) is 0.271. The van der Waals surface area contributed by atoms with E-state index in [9.17, 15) is 29.0 Å². The normalized spacial score (nSPS) is 11.6. The molecule has 11 nitrogen and oxygen atoms in total. The SMILES string of the molecule is O=C(Nc1ccc(F)cc1)[AsH][C@@H](CNC(=O)c1ccc(OCCNc2ncccn2)cc1O)C(=O)O. The van der Waals surface area contributed by atoms with Gasteiger partial charge in [-0.15, -0.1) is 0 Å². The molecule has 188 valence electrons.